The summed E-state index contributed by atoms with van der Waals surface area (Å²) < 4.78 is 7.40. The quantitative estimate of drug-likeness (QED) is 0.803. The number of carbonyl (C=O) groups is 1. The SMILES string of the molecule is CCn1cc(C)c(=O)c2cnc(N3CCN(C(=O)OC(C)(C)C)CC3)nc21. The number of hydrogen-bond acceptors (Lipinski definition) is 6. The molecule has 8 heteroatoms. The molecule has 0 unspecified atom stereocenters. The fourth-order valence-corrected chi connectivity index (χ4v) is 3.12. The van der Waals surface area contributed by atoms with Crippen molar-refractivity contribution in [3.05, 3.63) is 28.2 Å². The second kappa shape index (κ2) is 7.17. The summed E-state index contributed by atoms with van der Waals surface area (Å²) in [6, 6.07) is 0. The Hall–Kier alpha value is -2.64. The molecule has 0 atom stereocenters. The maximum absolute atomic E-state index is 12.4. The van der Waals surface area contributed by atoms with Gasteiger partial charge < -0.3 is 19.1 Å². The molecule has 0 saturated carbocycles. The van der Waals surface area contributed by atoms with E-state index in [2.05, 4.69) is 9.97 Å². The minimum Gasteiger partial charge on any atom is -0.444 e. The third kappa shape index (κ3) is 4.04. The molecule has 2 aromatic rings. The van der Waals surface area contributed by atoms with E-state index < -0.39 is 5.60 Å². The first-order valence-corrected chi connectivity index (χ1v) is 9.29. The number of piperazine rings is 1. The summed E-state index contributed by atoms with van der Waals surface area (Å²) in [4.78, 5) is 37.3. The average Bonchev–Trinajstić information content (AvgIpc) is 2.63. The molecule has 1 aliphatic heterocycles. The number of aryl methyl sites for hydroxylation is 2. The average molecular weight is 373 g/mol. The van der Waals surface area contributed by atoms with Crippen molar-refractivity contribution in [1.82, 2.24) is 19.4 Å². The molecule has 27 heavy (non-hydrogen) atoms. The van der Waals surface area contributed by atoms with Gasteiger partial charge in [-0.25, -0.2) is 9.78 Å². The summed E-state index contributed by atoms with van der Waals surface area (Å²) in [5.41, 5.74) is 0.799. The van der Waals surface area contributed by atoms with Gasteiger partial charge in [0, 0.05) is 50.7 Å². The van der Waals surface area contributed by atoms with Crippen LogP contribution in [0.3, 0.4) is 0 Å². The number of aromatic nitrogens is 3. The summed E-state index contributed by atoms with van der Waals surface area (Å²) in [7, 11) is 0. The summed E-state index contributed by atoms with van der Waals surface area (Å²) >= 11 is 0. The highest BCUT2D eigenvalue weighted by Crippen LogP contribution is 2.17. The molecule has 0 spiro atoms. The van der Waals surface area contributed by atoms with Gasteiger partial charge in [-0.1, -0.05) is 0 Å². The Morgan fingerprint density at radius 1 is 1.22 bits per heavy atom. The molecule has 8 nitrogen and oxygen atoms in total. The topological polar surface area (TPSA) is 80.6 Å². The van der Waals surface area contributed by atoms with Crippen molar-refractivity contribution in [1.29, 1.82) is 0 Å². The number of amides is 1. The van der Waals surface area contributed by atoms with E-state index in [9.17, 15) is 9.59 Å². The van der Waals surface area contributed by atoms with Crippen molar-refractivity contribution >= 4 is 23.1 Å². The Balaban J connectivity index is 1.79. The molecule has 2 aromatic heterocycles. The number of carbonyl (C=O) groups excluding carboxylic acids is 1. The third-order valence-electron chi connectivity index (χ3n) is 4.54. The summed E-state index contributed by atoms with van der Waals surface area (Å²) in [6.07, 6.45) is 3.15. The zero-order valence-corrected chi connectivity index (χ0v) is 16.7. The fraction of sp³-hybridized carbons (Fsp3) is 0.579. The number of ether oxygens (including phenoxy) is 1. The van der Waals surface area contributed by atoms with Crippen LogP contribution in [0.25, 0.3) is 11.0 Å². The van der Waals surface area contributed by atoms with Crippen LogP contribution in [-0.2, 0) is 11.3 Å². The molecule has 1 aliphatic rings. The van der Waals surface area contributed by atoms with E-state index >= 15 is 0 Å². The van der Waals surface area contributed by atoms with Crippen molar-refractivity contribution in [3.8, 4) is 0 Å². The number of fused-ring (bicyclic) bond motifs is 1. The van der Waals surface area contributed by atoms with Gasteiger partial charge in [0.1, 0.15) is 11.2 Å². The van der Waals surface area contributed by atoms with Gasteiger partial charge in [-0.05, 0) is 34.6 Å². The minimum absolute atomic E-state index is 0.0315. The van der Waals surface area contributed by atoms with Crippen LogP contribution in [0.5, 0.6) is 0 Å². The van der Waals surface area contributed by atoms with Crippen LogP contribution in [0.1, 0.15) is 33.3 Å². The molecule has 1 amide bonds. The number of hydrogen-bond donors (Lipinski definition) is 0. The minimum atomic E-state index is -0.502. The highest BCUT2D eigenvalue weighted by molar-refractivity contribution is 5.76. The van der Waals surface area contributed by atoms with Crippen LogP contribution in [0.4, 0.5) is 10.7 Å². The molecular weight excluding hydrogens is 346 g/mol. The van der Waals surface area contributed by atoms with E-state index in [-0.39, 0.29) is 11.5 Å². The number of rotatable bonds is 2. The molecule has 3 rings (SSSR count). The van der Waals surface area contributed by atoms with Crippen LogP contribution in [0.2, 0.25) is 0 Å². The summed E-state index contributed by atoms with van der Waals surface area (Å²) in [5, 5.41) is 0.535. The second-order valence-electron chi connectivity index (χ2n) is 7.79. The first-order chi connectivity index (χ1) is 12.7. The highest BCUT2D eigenvalue weighted by Gasteiger charge is 2.27. The Labute approximate surface area is 158 Å². The lowest BCUT2D eigenvalue weighted by atomic mass is 10.2. The maximum atomic E-state index is 12.4. The predicted octanol–water partition coefficient (Wildman–Crippen LogP) is 2.18. The number of pyridine rings is 1. The van der Waals surface area contributed by atoms with Crippen molar-refractivity contribution < 1.29 is 9.53 Å². The smallest absolute Gasteiger partial charge is 0.410 e. The van der Waals surface area contributed by atoms with Gasteiger partial charge in [0.05, 0.1) is 5.39 Å². The predicted molar refractivity (Wildman–Crippen MR) is 104 cm³/mol. The lowest BCUT2D eigenvalue weighted by molar-refractivity contribution is 0.0240. The highest BCUT2D eigenvalue weighted by atomic mass is 16.6. The first kappa shape index (κ1) is 19.1. The van der Waals surface area contributed by atoms with Crippen molar-refractivity contribution in [3.63, 3.8) is 0 Å². The van der Waals surface area contributed by atoms with E-state index in [0.29, 0.717) is 48.7 Å². The Morgan fingerprint density at radius 2 is 1.89 bits per heavy atom. The molecule has 0 N–H and O–H groups in total. The largest absolute Gasteiger partial charge is 0.444 e. The van der Waals surface area contributed by atoms with Crippen LogP contribution < -0.4 is 10.3 Å². The molecule has 0 aliphatic carbocycles. The normalized spacial score (nSPS) is 15.3. The van der Waals surface area contributed by atoms with Crippen LogP contribution in [-0.4, -0.2) is 57.3 Å². The fourth-order valence-electron chi connectivity index (χ4n) is 3.12. The monoisotopic (exact) mass is 373 g/mol. The molecule has 3 heterocycles. The summed E-state index contributed by atoms with van der Waals surface area (Å²) in [6.45, 7) is 12.5. The van der Waals surface area contributed by atoms with E-state index in [0.717, 1.165) is 6.54 Å². The van der Waals surface area contributed by atoms with E-state index in [1.54, 1.807) is 18.0 Å². The van der Waals surface area contributed by atoms with Gasteiger partial charge in [-0.2, -0.15) is 4.98 Å². The van der Waals surface area contributed by atoms with Crippen LogP contribution in [0, 0.1) is 6.92 Å². The Morgan fingerprint density at radius 3 is 2.48 bits per heavy atom. The van der Waals surface area contributed by atoms with Crippen LogP contribution >= 0.6 is 0 Å². The van der Waals surface area contributed by atoms with Gasteiger partial charge in [-0.3, -0.25) is 4.79 Å². The molecule has 0 bridgehead atoms. The van der Waals surface area contributed by atoms with Gasteiger partial charge in [0.15, 0.2) is 5.43 Å². The van der Waals surface area contributed by atoms with E-state index in [4.69, 9.17) is 4.74 Å². The second-order valence-corrected chi connectivity index (χ2v) is 7.79. The Kier molecular flexibility index (Phi) is 5.08. The van der Waals surface area contributed by atoms with Crippen molar-refractivity contribution in [2.24, 2.45) is 0 Å². The zero-order valence-electron chi connectivity index (χ0n) is 16.7. The number of nitrogens with zero attached hydrogens (tertiary/aromatic N) is 5. The van der Waals surface area contributed by atoms with E-state index in [1.165, 1.54) is 0 Å². The van der Waals surface area contributed by atoms with Gasteiger partial charge in [-0.15, -0.1) is 0 Å². The van der Waals surface area contributed by atoms with Crippen LogP contribution in [0.15, 0.2) is 17.2 Å². The number of anilines is 1. The molecule has 1 saturated heterocycles. The van der Waals surface area contributed by atoms with Gasteiger partial charge in [0.25, 0.3) is 0 Å². The van der Waals surface area contributed by atoms with Gasteiger partial charge in [0.2, 0.25) is 5.95 Å². The zero-order chi connectivity index (χ0) is 19.8. The van der Waals surface area contributed by atoms with Crippen molar-refractivity contribution in [2.45, 2.75) is 46.8 Å². The first-order valence-electron chi connectivity index (χ1n) is 9.29. The van der Waals surface area contributed by atoms with Crippen molar-refractivity contribution in [2.75, 3.05) is 31.1 Å². The molecule has 0 aromatic carbocycles. The van der Waals surface area contributed by atoms with Gasteiger partial charge >= 0.3 is 6.09 Å². The molecule has 1 fully saturated rings. The Bertz CT molecular complexity index is 908. The molecule has 0 radical (unpaired) electrons. The third-order valence-corrected chi connectivity index (χ3v) is 4.54. The summed E-state index contributed by atoms with van der Waals surface area (Å²) in [5.74, 6) is 0.580. The lowest BCUT2D eigenvalue weighted by Gasteiger charge is -2.35. The molecule has 146 valence electrons. The molecular formula is C19H27N5O3. The maximum Gasteiger partial charge on any atom is 0.410 e. The van der Waals surface area contributed by atoms with E-state index in [1.807, 2.05) is 43.4 Å². The standard InChI is InChI=1S/C19H27N5O3/c1-6-22-12-13(2)15(25)14-11-20-17(21-16(14)22)23-7-9-24(10-8-23)18(26)27-19(3,4)5/h11-12H,6-10H2,1-5H3. The lowest BCUT2D eigenvalue weighted by Crippen LogP contribution is -2.50.